The van der Waals surface area contributed by atoms with Gasteiger partial charge in [0.15, 0.2) is 23.0 Å². The number of methoxy groups -OCH3 is 3. The molecule has 3 rings (SSSR count). The van der Waals surface area contributed by atoms with Crippen molar-refractivity contribution in [3.8, 4) is 28.7 Å². The Bertz CT molecular complexity index is 805. The van der Waals surface area contributed by atoms with Gasteiger partial charge >= 0.3 is 0 Å². The summed E-state index contributed by atoms with van der Waals surface area (Å²) in [5.74, 6) is 3.23. The molecular formula is C22H28O6. The van der Waals surface area contributed by atoms with E-state index in [1.807, 2.05) is 44.2 Å². The van der Waals surface area contributed by atoms with Crippen LogP contribution >= 0.6 is 0 Å². The molecule has 0 bridgehead atoms. The minimum absolute atomic E-state index is 0.00645. The van der Waals surface area contributed by atoms with Gasteiger partial charge in [-0.05, 0) is 54.7 Å². The molecule has 2 aromatic carbocycles. The molecule has 1 aliphatic heterocycles. The van der Waals surface area contributed by atoms with E-state index in [1.54, 1.807) is 21.3 Å². The monoisotopic (exact) mass is 388 g/mol. The fourth-order valence-corrected chi connectivity index (χ4v) is 3.47. The Morgan fingerprint density at radius 2 is 1.61 bits per heavy atom. The van der Waals surface area contributed by atoms with Gasteiger partial charge in [-0.2, -0.15) is 0 Å². The average Bonchev–Trinajstić information content (AvgIpc) is 3.14. The Balaban J connectivity index is 1.77. The smallest absolute Gasteiger partial charge is 0.231 e. The van der Waals surface area contributed by atoms with Crippen LogP contribution in [0.15, 0.2) is 30.3 Å². The second kappa shape index (κ2) is 8.19. The van der Waals surface area contributed by atoms with Gasteiger partial charge in [-0.3, -0.25) is 0 Å². The summed E-state index contributed by atoms with van der Waals surface area (Å²) in [7, 11) is 4.74. The molecule has 0 spiro atoms. The van der Waals surface area contributed by atoms with Crippen molar-refractivity contribution in [1.29, 1.82) is 0 Å². The Labute approximate surface area is 165 Å². The summed E-state index contributed by atoms with van der Waals surface area (Å²) in [6.45, 7) is 4.16. The highest BCUT2D eigenvalue weighted by atomic mass is 16.7. The van der Waals surface area contributed by atoms with E-state index in [2.05, 4.69) is 0 Å². The fraction of sp³-hybridized carbons (Fsp3) is 0.455. The van der Waals surface area contributed by atoms with Crippen LogP contribution in [0.4, 0.5) is 0 Å². The Morgan fingerprint density at radius 3 is 2.21 bits per heavy atom. The van der Waals surface area contributed by atoms with E-state index >= 15 is 0 Å². The maximum Gasteiger partial charge on any atom is 0.231 e. The van der Waals surface area contributed by atoms with Crippen LogP contribution in [0.2, 0.25) is 0 Å². The second-order valence-electron chi connectivity index (χ2n) is 7.36. The van der Waals surface area contributed by atoms with E-state index in [0.717, 1.165) is 22.6 Å². The third-order valence-electron chi connectivity index (χ3n) is 5.33. The second-order valence-corrected chi connectivity index (χ2v) is 7.36. The molecule has 2 atom stereocenters. The topological polar surface area (TPSA) is 66.4 Å². The molecule has 152 valence electrons. The van der Waals surface area contributed by atoms with E-state index in [1.165, 1.54) is 0 Å². The van der Waals surface area contributed by atoms with Gasteiger partial charge in [0.2, 0.25) is 12.5 Å². The van der Waals surface area contributed by atoms with Crippen LogP contribution in [0.5, 0.6) is 28.7 Å². The predicted molar refractivity (Wildman–Crippen MR) is 106 cm³/mol. The highest BCUT2D eigenvalue weighted by molar-refractivity contribution is 5.54. The summed E-state index contributed by atoms with van der Waals surface area (Å²) in [4.78, 5) is 0. The largest absolute Gasteiger partial charge is 0.493 e. The van der Waals surface area contributed by atoms with Crippen molar-refractivity contribution in [3.05, 3.63) is 41.5 Å². The molecule has 0 amide bonds. The van der Waals surface area contributed by atoms with Gasteiger partial charge in [0.25, 0.3) is 0 Å². The minimum Gasteiger partial charge on any atom is -0.493 e. The Morgan fingerprint density at radius 1 is 0.964 bits per heavy atom. The van der Waals surface area contributed by atoms with Crippen LogP contribution in [0.25, 0.3) is 0 Å². The molecular weight excluding hydrogens is 360 g/mol. The molecule has 0 radical (unpaired) electrons. The van der Waals surface area contributed by atoms with Crippen LogP contribution in [0.1, 0.15) is 25.0 Å². The van der Waals surface area contributed by atoms with Gasteiger partial charge in [0.1, 0.15) is 0 Å². The zero-order valence-corrected chi connectivity index (χ0v) is 17.1. The number of hydrogen-bond donors (Lipinski definition) is 1. The zero-order valence-electron chi connectivity index (χ0n) is 17.1. The molecule has 0 aromatic heterocycles. The lowest BCUT2D eigenvalue weighted by molar-refractivity contribution is 0.00662. The summed E-state index contributed by atoms with van der Waals surface area (Å²) in [6, 6.07) is 9.67. The third-order valence-corrected chi connectivity index (χ3v) is 5.33. The molecule has 6 nitrogen and oxygen atoms in total. The van der Waals surface area contributed by atoms with E-state index in [9.17, 15) is 5.11 Å². The number of rotatable bonds is 8. The minimum atomic E-state index is -0.930. The molecule has 0 saturated carbocycles. The standard InChI is InChI=1S/C22H28O6/c1-14(8-15-6-7-17-18(9-15)28-13-27-17)22(2,23)12-16-10-19(24-3)21(26-5)20(11-16)25-4/h6-7,9-11,14,23H,8,12-13H2,1-5H3/t14-,22+/m0/s1. The van der Waals surface area contributed by atoms with Crippen molar-refractivity contribution in [2.45, 2.75) is 32.3 Å². The maximum atomic E-state index is 11.2. The lowest BCUT2D eigenvalue weighted by Gasteiger charge is -2.31. The molecule has 0 unspecified atom stereocenters. The number of fused-ring (bicyclic) bond motifs is 1. The Hall–Kier alpha value is -2.60. The van der Waals surface area contributed by atoms with Gasteiger partial charge in [-0.25, -0.2) is 0 Å². The van der Waals surface area contributed by atoms with E-state index < -0.39 is 5.60 Å². The molecule has 0 saturated heterocycles. The number of ether oxygens (including phenoxy) is 5. The van der Waals surface area contributed by atoms with Crippen molar-refractivity contribution in [1.82, 2.24) is 0 Å². The molecule has 1 heterocycles. The number of benzene rings is 2. The molecule has 28 heavy (non-hydrogen) atoms. The first-order valence-electron chi connectivity index (χ1n) is 9.27. The first-order valence-corrected chi connectivity index (χ1v) is 9.27. The normalized spacial score (nSPS) is 15.6. The number of aliphatic hydroxyl groups is 1. The quantitative estimate of drug-likeness (QED) is 0.745. The van der Waals surface area contributed by atoms with Crippen molar-refractivity contribution < 1.29 is 28.8 Å². The SMILES string of the molecule is COc1cc(C[C@@](C)(O)[C@@H](C)Cc2ccc3c(c2)OCO3)cc(OC)c1OC. The predicted octanol–water partition coefficient (Wildman–Crippen LogP) is 3.61. The summed E-state index contributed by atoms with van der Waals surface area (Å²) >= 11 is 0. The first kappa shape index (κ1) is 20.1. The van der Waals surface area contributed by atoms with E-state index in [4.69, 9.17) is 23.7 Å². The van der Waals surface area contributed by atoms with Gasteiger partial charge in [0.05, 0.1) is 26.9 Å². The van der Waals surface area contributed by atoms with E-state index in [0.29, 0.717) is 30.1 Å². The summed E-state index contributed by atoms with van der Waals surface area (Å²) in [5.41, 5.74) is 1.08. The lowest BCUT2D eigenvalue weighted by atomic mass is 9.81. The van der Waals surface area contributed by atoms with Gasteiger partial charge < -0.3 is 28.8 Å². The van der Waals surface area contributed by atoms with Gasteiger partial charge in [-0.1, -0.05) is 13.0 Å². The molecule has 0 fully saturated rings. The summed E-state index contributed by atoms with van der Waals surface area (Å²) in [5, 5.41) is 11.2. The van der Waals surface area contributed by atoms with Crippen LogP contribution < -0.4 is 23.7 Å². The lowest BCUT2D eigenvalue weighted by Crippen LogP contribution is -2.36. The third kappa shape index (κ3) is 4.12. The van der Waals surface area contributed by atoms with Crippen LogP contribution in [-0.2, 0) is 12.8 Å². The van der Waals surface area contributed by atoms with Crippen LogP contribution in [0.3, 0.4) is 0 Å². The van der Waals surface area contributed by atoms with Crippen molar-refractivity contribution in [3.63, 3.8) is 0 Å². The van der Waals surface area contributed by atoms with E-state index in [-0.39, 0.29) is 12.7 Å². The van der Waals surface area contributed by atoms with Crippen molar-refractivity contribution in [2.75, 3.05) is 28.1 Å². The molecule has 1 N–H and O–H groups in total. The zero-order chi connectivity index (χ0) is 20.3. The highest BCUT2D eigenvalue weighted by Gasteiger charge is 2.30. The van der Waals surface area contributed by atoms with Crippen molar-refractivity contribution >= 4 is 0 Å². The molecule has 0 aliphatic carbocycles. The van der Waals surface area contributed by atoms with Crippen LogP contribution in [-0.4, -0.2) is 38.8 Å². The first-order chi connectivity index (χ1) is 13.4. The van der Waals surface area contributed by atoms with Gasteiger partial charge in [0, 0.05) is 6.42 Å². The molecule has 2 aromatic rings. The highest BCUT2D eigenvalue weighted by Crippen LogP contribution is 2.40. The van der Waals surface area contributed by atoms with Gasteiger partial charge in [-0.15, -0.1) is 0 Å². The summed E-state index contributed by atoms with van der Waals surface area (Å²) in [6.07, 6.45) is 1.17. The molecule has 6 heteroatoms. The molecule has 1 aliphatic rings. The fourth-order valence-electron chi connectivity index (χ4n) is 3.47. The summed E-state index contributed by atoms with van der Waals surface area (Å²) < 4.78 is 27.0. The average molecular weight is 388 g/mol. The van der Waals surface area contributed by atoms with Crippen LogP contribution in [0, 0.1) is 5.92 Å². The maximum absolute atomic E-state index is 11.2. The number of hydrogen-bond acceptors (Lipinski definition) is 6. The Kier molecular flexibility index (Phi) is 5.89. The van der Waals surface area contributed by atoms with Crippen molar-refractivity contribution in [2.24, 2.45) is 5.92 Å².